The summed E-state index contributed by atoms with van der Waals surface area (Å²) in [5.41, 5.74) is 3.24. The van der Waals surface area contributed by atoms with Gasteiger partial charge in [-0.1, -0.05) is 6.92 Å². The second-order valence-corrected chi connectivity index (χ2v) is 5.98. The quantitative estimate of drug-likeness (QED) is 0.724. The number of rotatable bonds is 6. The van der Waals surface area contributed by atoms with Crippen LogP contribution in [0.5, 0.6) is 0 Å². The molecule has 0 spiro atoms. The molecule has 0 bridgehead atoms. The Kier molecular flexibility index (Phi) is 4.71. The van der Waals surface area contributed by atoms with E-state index in [1.54, 1.807) is 18.7 Å². The standard InChI is InChI=1S/C17H22N6O/c1-4-13(9-24)20-17-21-14(12-5-7-18-8-6-12)15-16(22-17)23(10-19-15)11(2)3/h5-8,10-11,13,24H,4,9H2,1-3H3,(H,20,21,22)/t13-/m1/s1. The van der Waals surface area contributed by atoms with Crippen molar-refractivity contribution in [1.82, 2.24) is 24.5 Å². The van der Waals surface area contributed by atoms with Gasteiger partial charge in [-0.2, -0.15) is 4.98 Å². The molecule has 0 radical (unpaired) electrons. The van der Waals surface area contributed by atoms with E-state index in [9.17, 15) is 5.11 Å². The number of pyridine rings is 1. The maximum Gasteiger partial charge on any atom is 0.225 e. The summed E-state index contributed by atoms with van der Waals surface area (Å²) in [6, 6.07) is 3.97. The van der Waals surface area contributed by atoms with Crippen LogP contribution in [0.1, 0.15) is 33.2 Å². The Morgan fingerprint density at radius 1 is 1.21 bits per heavy atom. The fourth-order valence-electron chi connectivity index (χ4n) is 2.53. The third kappa shape index (κ3) is 3.07. The fourth-order valence-corrected chi connectivity index (χ4v) is 2.53. The van der Waals surface area contributed by atoms with Crippen molar-refractivity contribution in [2.24, 2.45) is 0 Å². The van der Waals surface area contributed by atoms with E-state index in [1.165, 1.54) is 0 Å². The minimum absolute atomic E-state index is 0.0337. The second-order valence-electron chi connectivity index (χ2n) is 5.98. The highest BCUT2D eigenvalue weighted by molar-refractivity contribution is 5.88. The van der Waals surface area contributed by atoms with E-state index >= 15 is 0 Å². The van der Waals surface area contributed by atoms with Gasteiger partial charge in [0.2, 0.25) is 5.95 Å². The Bertz CT molecular complexity index is 811. The predicted octanol–water partition coefficient (Wildman–Crippen LogP) is 2.65. The van der Waals surface area contributed by atoms with Crippen LogP contribution in [-0.4, -0.2) is 42.3 Å². The van der Waals surface area contributed by atoms with E-state index in [0.717, 1.165) is 28.8 Å². The molecule has 1 atom stereocenters. The summed E-state index contributed by atoms with van der Waals surface area (Å²) in [7, 11) is 0. The maximum atomic E-state index is 9.45. The van der Waals surface area contributed by atoms with Gasteiger partial charge in [-0.3, -0.25) is 4.98 Å². The summed E-state index contributed by atoms with van der Waals surface area (Å²) in [6.07, 6.45) is 6.05. The Morgan fingerprint density at radius 2 is 1.96 bits per heavy atom. The smallest absolute Gasteiger partial charge is 0.225 e. The molecule has 0 aliphatic rings. The number of fused-ring (bicyclic) bond motifs is 1. The van der Waals surface area contributed by atoms with E-state index in [4.69, 9.17) is 0 Å². The van der Waals surface area contributed by atoms with E-state index in [1.807, 2.05) is 23.6 Å². The number of aliphatic hydroxyl groups excluding tert-OH is 1. The molecule has 0 amide bonds. The van der Waals surface area contributed by atoms with Gasteiger partial charge < -0.3 is 15.0 Å². The summed E-state index contributed by atoms with van der Waals surface area (Å²) in [4.78, 5) is 17.9. The monoisotopic (exact) mass is 326 g/mol. The average Bonchev–Trinajstić information content (AvgIpc) is 3.03. The van der Waals surface area contributed by atoms with Gasteiger partial charge in [-0.15, -0.1) is 0 Å². The lowest BCUT2D eigenvalue weighted by Gasteiger charge is -2.15. The number of hydrogen-bond donors (Lipinski definition) is 2. The minimum Gasteiger partial charge on any atom is -0.394 e. The Labute approximate surface area is 140 Å². The van der Waals surface area contributed by atoms with Gasteiger partial charge in [0, 0.05) is 24.0 Å². The van der Waals surface area contributed by atoms with Crippen molar-refractivity contribution in [2.45, 2.75) is 39.3 Å². The lowest BCUT2D eigenvalue weighted by molar-refractivity contribution is 0.271. The van der Waals surface area contributed by atoms with Crippen LogP contribution in [0.4, 0.5) is 5.95 Å². The zero-order chi connectivity index (χ0) is 17.1. The van der Waals surface area contributed by atoms with Crippen LogP contribution in [0.3, 0.4) is 0 Å². The third-order valence-electron chi connectivity index (χ3n) is 3.98. The number of aromatic nitrogens is 5. The van der Waals surface area contributed by atoms with Crippen molar-refractivity contribution < 1.29 is 5.11 Å². The van der Waals surface area contributed by atoms with Crippen molar-refractivity contribution in [3.8, 4) is 11.3 Å². The second kappa shape index (κ2) is 6.92. The fraction of sp³-hybridized carbons (Fsp3) is 0.412. The largest absolute Gasteiger partial charge is 0.394 e. The molecule has 7 heteroatoms. The van der Waals surface area contributed by atoms with E-state index in [-0.39, 0.29) is 18.7 Å². The number of imidazole rings is 1. The summed E-state index contributed by atoms with van der Waals surface area (Å²) in [6.45, 7) is 6.22. The topological polar surface area (TPSA) is 88.8 Å². The number of aliphatic hydroxyl groups is 1. The molecule has 0 aliphatic heterocycles. The minimum atomic E-state index is -0.0804. The molecule has 0 saturated heterocycles. The summed E-state index contributed by atoms with van der Waals surface area (Å²) in [5, 5.41) is 12.7. The number of anilines is 1. The average molecular weight is 326 g/mol. The SMILES string of the molecule is CC[C@H](CO)Nc1nc(-c2ccncc2)c2ncn(C(C)C)c2n1. The zero-order valence-electron chi connectivity index (χ0n) is 14.1. The van der Waals surface area contributed by atoms with Gasteiger partial charge in [0.25, 0.3) is 0 Å². The Hall–Kier alpha value is -2.54. The molecule has 7 nitrogen and oxygen atoms in total. The Balaban J connectivity index is 2.18. The van der Waals surface area contributed by atoms with Crippen molar-refractivity contribution in [3.05, 3.63) is 30.9 Å². The van der Waals surface area contributed by atoms with Gasteiger partial charge in [0.1, 0.15) is 11.2 Å². The van der Waals surface area contributed by atoms with Crippen LogP contribution in [0.25, 0.3) is 22.4 Å². The Morgan fingerprint density at radius 3 is 2.58 bits per heavy atom. The van der Waals surface area contributed by atoms with Crippen LogP contribution in [0, 0.1) is 0 Å². The number of nitrogens with one attached hydrogen (secondary N) is 1. The molecular weight excluding hydrogens is 304 g/mol. The first-order chi connectivity index (χ1) is 11.6. The van der Waals surface area contributed by atoms with Crippen LogP contribution in [0.2, 0.25) is 0 Å². The molecule has 0 saturated carbocycles. The van der Waals surface area contributed by atoms with Gasteiger partial charge in [0.15, 0.2) is 5.65 Å². The molecule has 24 heavy (non-hydrogen) atoms. The molecule has 126 valence electrons. The molecule has 0 fully saturated rings. The van der Waals surface area contributed by atoms with Gasteiger partial charge in [0.05, 0.1) is 19.0 Å². The van der Waals surface area contributed by atoms with Crippen LogP contribution >= 0.6 is 0 Å². The van der Waals surface area contributed by atoms with Crippen LogP contribution in [0.15, 0.2) is 30.9 Å². The van der Waals surface area contributed by atoms with Crippen molar-refractivity contribution in [1.29, 1.82) is 0 Å². The first kappa shape index (κ1) is 16.3. The number of hydrogen-bond acceptors (Lipinski definition) is 6. The van der Waals surface area contributed by atoms with Crippen molar-refractivity contribution >= 4 is 17.1 Å². The first-order valence-electron chi connectivity index (χ1n) is 8.16. The van der Waals surface area contributed by atoms with Crippen LogP contribution < -0.4 is 5.32 Å². The number of nitrogens with zero attached hydrogens (tertiary/aromatic N) is 5. The van der Waals surface area contributed by atoms with E-state index in [2.05, 4.69) is 39.1 Å². The van der Waals surface area contributed by atoms with Gasteiger partial charge in [-0.05, 0) is 32.4 Å². The van der Waals surface area contributed by atoms with Crippen molar-refractivity contribution in [3.63, 3.8) is 0 Å². The molecule has 0 aliphatic carbocycles. The predicted molar refractivity (Wildman–Crippen MR) is 93.7 cm³/mol. The third-order valence-corrected chi connectivity index (χ3v) is 3.98. The van der Waals surface area contributed by atoms with Crippen molar-refractivity contribution in [2.75, 3.05) is 11.9 Å². The summed E-state index contributed by atoms with van der Waals surface area (Å²) in [5.74, 6) is 0.498. The highest BCUT2D eigenvalue weighted by atomic mass is 16.3. The molecule has 3 rings (SSSR count). The lowest BCUT2D eigenvalue weighted by Crippen LogP contribution is -2.24. The van der Waals surface area contributed by atoms with Crippen LogP contribution in [-0.2, 0) is 0 Å². The molecule has 3 aromatic heterocycles. The van der Waals surface area contributed by atoms with E-state index < -0.39 is 0 Å². The zero-order valence-corrected chi connectivity index (χ0v) is 14.1. The van der Waals surface area contributed by atoms with Gasteiger partial charge >= 0.3 is 0 Å². The first-order valence-corrected chi connectivity index (χ1v) is 8.16. The molecule has 0 aromatic carbocycles. The molecule has 3 heterocycles. The van der Waals surface area contributed by atoms with E-state index in [0.29, 0.717) is 5.95 Å². The molecule has 2 N–H and O–H groups in total. The van der Waals surface area contributed by atoms with Gasteiger partial charge in [-0.25, -0.2) is 9.97 Å². The molecular formula is C17H22N6O. The maximum absolute atomic E-state index is 9.45. The lowest BCUT2D eigenvalue weighted by atomic mass is 10.2. The summed E-state index contributed by atoms with van der Waals surface area (Å²) < 4.78 is 2.02. The highest BCUT2D eigenvalue weighted by Crippen LogP contribution is 2.27. The summed E-state index contributed by atoms with van der Waals surface area (Å²) >= 11 is 0. The highest BCUT2D eigenvalue weighted by Gasteiger charge is 2.17. The molecule has 3 aromatic rings. The normalized spacial score (nSPS) is 12.7. The molecule has 0 unspecified atom stereocenters.